The Morgan fingerprint density at radius 2 is 1.90 bits per heavy atom. The number of aromatic nitrogens is 2. The fourth-order valence-corrected chi connectivity index (χ4v) is 5.03. The summed E-state index contributed by atoms with van der Waals surface area (Å²) < 4.78 is 38.3. The SMILES string of the molecule is CCOc1ccc(-c2noc([C@H]3CCCN(S(=O)(=O)c4ccccc4)C3)n2)cc1. The summed E-state index contributed by atoms with van der Waals surface area (Å²) in [6, 6.07) is 16.0. The Morgan fingerprint density at radius 3 is 2.62 bits per heavy atom. The summed E-state index contributed by atoms with van der Waals surface area (Å²) in [5.74, 6) is 1.63. The lowest BCUT2D eigenvalue weighted by atomic mass is 10.00. The van der Waals surface area contributed by atoms with Gasteiger partial charge in [-0.25, -0.2) is 8.42 Å². The van der Waals surface area contributed by atoms with Crippen LogP contribution in [0.1, 0.15) is 31.6 Å². The van der Waals surface area contributed by atoms with Gasteiger partial charge in [-0.05, 0) is 56.2 Å². The monoisotopic (exact) mass is 413 g/mol. The molecule has 1 fully saturated rings. The molecule has 0 radical (unpaired) electrons. The standard InChI is InChI=1S/C21H23N3O4S/c1-2-27-18-12-10-16(11-13-18)20-22-21(28-23-20)17-7-6-14-24(15-17)29(25,26)19-8-4-3-5-9-19/h3-5,8-13,17H,2,6-7,14-15H2,1H3/t17-/m0/s1. The van der Waals surface area contributed by atoms with Crippen LogP contribution in [-0.2, 0) is 10.0 Å². The van der Waals surface area contributed by atoms with E-state index in [1.807, 2.05) is 31.2 Å². The van der Waals surface area contributed by atoms with Gasteiger partial charge in [0.15, 0.2) is 0 Å². The van der Waals surface area contributed by atoms with Gasteiger partial charge in [-0.15, -0.1) is 0 Å². The van der Waals surface area contributed by atoms with Crippen LogP contribution < -0.4 is 4.74 Å². The minimum Gasteiger partial charge on any atom is -0.494 e. The average molecular weight is 413 g/mol. The maximum absolute atomic E-state index is 12.9. The maximum atomic E-state index is 12.9. The highest BCUT2D eigenvalue weighted by Gasteiger charge is 2.33. The number of rotatable bonds is 6. The van der Waals surface area contributed by atoms with Crippen LogP contribution in [-0.4, -0.2) is 42.6 Å². The van der Waals surface area contributed by atoms with Gasteiger partial charge in [0.2, 0.25) is 21.7 Å². The number of hydrogen-bond donors (Lipinski definition) is 0. The van der Waals surface area contributed by atoms with Gasteiger partial charge >= 0.3 is 0 Å². The van der Waals surface area contributed by atoms with Crippen LogP contribution in [0.15, 0.2) is 64.0 Å². The zero-order valence-electron chi connectivity index (χ0n) is 16.2. The topological polar surface area (TPSA) is 85.5 Å². The van der Waals surface area contributed by atoms with E-state index < -0.39 is 10.0 Å². The minimum absolute atomic E-state index is 0.119. The Kier molecular flexibility index (Phi) is 5.64. The van der Waals surface area contributed by atoms with Gasteiger partial charge < -0.3 is 9.26 Å². The van der Waals surface area contributed by atoms with Crippen molar-refractivity contribution in [3.05, 3.63) is 60.5 Å². The molecule has 8 heteroatoms. The second-order valence-corrected chi connectivity index (χ2v) is 8.87. The first-order valence-electron chi connectivity index (χ1n) is 9.70. The first-order chi connectivity index (χ1) is 14.1. The number of ether oxygens (including phenoxy) is 1. The van der Waals surface area contributed by atoms with Crippen molar-refractivity contribution in [2.45, 2.75) is 30.6 Å². The molecule has 0 N–H and O–H groups in total. The summed E-state index contributed by atoms with van der Waals surface area (Å²) in [5, 5.41) is 4.09. The van der Waals surface area contributed by atoms with Gasteiger partial charge in [0.05, 0.1) is 17.4 Å². The molecule has 0 spiro atoms. The normalized spacial score (nSPS) is 17.9. The molecule has 1 aliphatic rings. The van der Waals surface area contributed by atoms with Crippen molar-refractivity contribution in [2.24, 2.45) is 0 Å². The third kappa shape index (κ3) is 4.18. The highest BCUT2D eigenvalue weighted by Crippen LogP contribution is 2.30. The fourth-order valence-electron chi connectivity index (χ4n) is 3.49. The molecule has 1 saturated heterocycles. The Morgan fingerprint density at radius 1 is 1.14 bits per heavy atom. The summed E-state index contributed by atoms with van der Waals surface area (Å²) in [7, 11) is -3.53. The smallest absolute Gasteiger partial charge is 0.243 e. The minimum atomic E-state index is -3.53. The van der Waals surface area contributed by atoms with Crippen LogP contribution in [0.25, 0.3) is 11.4 Å². The summed E-state index contributed by atoms with van der Waals surface area (Å²) >= 11 is 0. The molecule has 7 nitrogen and oxygen atoms in total. The molecule has 152 valence electrons. The molecule has 2 aromatic carbocycles. The molecular formula is C21H23N3O4S. The van der Waals surface area contributed by atoms with Crippen molar-refractivity contribution in [2.75, 3.05) is 19.7 Å². The van der Waals surface area contributed by atoms with Crippen molar-refractivity contribution in [1.29, 1.82) is 0 Å². The highest BCUT2D eigenvalue weighted by molar-refractivity contribution is 7.89. The van der Waals surface area contributed by atoms with Crippen molar-refractivity contribution < 1.29 is 17.7 Å². The number of hydrogen-bond acceptors (Lipinski definition) is 6. The van der Waals surface area contributed by atoms with Crippen molar-refractivity contribution in [1.82, 2.24) is 14.4 Å². The van der Waals surface area contributed by atoms with Crippen molar-refractivity contribution in [3.8, 4) is 17.1 Å². The second-order valence-electron chi connectivity index (χ2n) is 6.93. The Hall–Kier alpha value is -2.71. The van der Waals surface area contributed by atoms with E-state index in [1.165, 1.54) is 4.31 Å². The lowest BCUT2D eigenvalue weighted by molar-refractivity contribution is 0.265. The summed E-state index contributed by atoms with van der Waals surface area (Å²) in [6.45, 7) is 3.37. The first-order valence-corrected chi connectivity index (χ1v) is 11.1. The van der Waals surface area contributed by atoms with E-state index in [9.17, 15) is 8.42 Å². The number of nitrogens with zero attached hydrogens (tertiary/aromatic N) is 3. The van der Waals surface area contributed by atoms with Gasteiger partial charge in [0, 0.05) is 18.7 Å². The zero-order chi connectivity index (χ0) is 20.3. The van der Waals surface area contributed by atoms with Crippen LogP contribution in [0, 0.1) is 0 Å². The molecule has 0 amide bonds. The molecule has 3 aromatic rings. The number of piperidine rings is 1. The molecule has 29 heavy (non-hydrogen) atoms. The first kappa shape index (κ1) is 19.6. The molecule has 2 heterocycles. The zero-order valence-corrected chi connectivity index (χ0v) is 17.0. The van der Waals surface area contributed by atoms with E-state index >= 15 is 0 Å². The molecule has 4 rings (SSSR count). The van der Waals surface area contributed by atoms with E-state index in [1.54, 1.807) is 30.3 Å². The van der Waals surface area contributed by atoms with Crippen LogP contribution >= 0.6 is 0 Å². The fraction of sp³-hybridized carbons (Fsp3) is 0.333. The molecule has 0 bridgehead atoms. The van der Waals surface area contributed by atoms with Crippen LogP contribution in [0.5, 0.6) is 5.75 Å². The molecule has 1 aliphatic heterocycles. The van der Waals surface area contributed by atoms with Gasteiger partial charge in [0.25, 0.3) is 0 Å². The maximum Gasteiger partial charge on any atom is 0.243 e. The third-order valence-electron chi connectivity index (χ3n) is 4.98. The summed E-state index contributed by atoms with van der Waals surface area (Å²) in [4.78, 5) is 4.84. The van der Waals surface area contributed by atoms with Crippen LogP contribution in [0.3, 0.4) is 0 Å². The Balaban J connectivity index is 1.51. The molecule has 1 atom stereocenters. The molecule has 0 saturated carbocycles. The van der Waals surface area contributed by atoms with Gasteiger partial charge in [-0.3, -0.25) is 0 Å². The summed E-state index contributed by atoms with van der Waals surface area (Å²) in [5.41, 5.74) is 0.827. The van der Waals surface area contributed by atoms with Crippen LogP contribution in [0.2, 0.25) is 0 Å². The van der Waals surface area contributed by atoms with E-state index in [-0.39, 0.29) is 5.92 Å². The molecule has 0 aliphatic carbocycles. The lowest BCUT2D eigenvalue weighted by Crippen LogP contribution is -2.39. The molecular weight excluding hydrogens is 390 g/mol. The predicted molar refractivity (Wildman–Crippen MR) is 108 cm³/mol. The van der Waals surface area contributed by atoms with Gasteiger partial charge in [-0.2, -0.15) is 9.29 Å². The van der Waals surface area contributed by atoms with Crippen LogP contribution in [0.4, 0.5) is 0 Å². The quantitative estimate of drug-likeness (QED) is 0.612. The van der Waals surface area contributed by atoms with E-state index in [0.717, 1.165) is 24.2 Å². The van der Waals surface area contributed by atoms with E-state index in [0.29, 0.717) is 36.3 Å². The van der Waals surface area contributed by atoms with Crippen molar-refractivity contribution >= 4 is 10.0 Å². The Bertz CT molecular complexity index is 1050. The summed E-state index contributed by atoms with van der Waals surface area (Å²) in [6.07, 6.45) is 1.56. The van der Waals surface area contributed by atoms with E-state index in [2.05, 4.69) is 10.1 Å². The molecule has 1 aromatic heterocycles. The number of sulfonamides is 1. The van der Waals surface area contributed by atoms with Crippen molar-refractivity contribution in [3.63, 3.8) is 0 Å². The Labute approximate surface area is 170 Å². The van der Waals surface area contributed by atoms with Gasteiger partial charge in [0.1, 0.15) is 5.75 Å². The second kappa shape index (κ2) is 8.34. The van der Waals surface area contributed by atoms with Gasteiger partial charge in [-0.1, -0.05) is 23.4 Å². The predicted octanol–water partition coefficient (Wildman–Crippen LogP) is 3.70. The molecule has 0 unspecified atom stereocenters. The number of benzene rings is 2. The average Bonchev–Trinajstić information content (AvgIpc) is 3.26. The van der Waals surface area contributed by atoms with E-state index in [4.69, 9.17) is 9.26 Å². The highest BCUT2D eigenvalue weighted by atomic mass is 32.2. The third-order valence-corrected chi connectivity index (χ3v) is 6.86. The largest absolute Gasteiger partial charge is 0.494 e. The lowest BCUT2D eigenvalue weighted by Gasteiger charge is -2.30.